The topological polar surface area (TPSA) is 43.6 Å². The van der Waals surface area contributed by atoms with Gasteiger partial charge < -0.3 is 0 Å². The van der Waals surface area contributed by atoms with Gasteiger partial charge in [0.1, 0.15) is 5.82 Å². The summed E-state index contributed by atoms with van der Waals surface area (Å²) in [6, 6.07) is 32.1. The molecule has 0 radical (unpaired) electrons. The third kappa shape index (κ3) is 2.56. The fourth-order valence-corrected chi connectivity index (χ4v) is 7.33. The molecule has 0 fully saturated rings. The molecule has 176 valence electrons. The summed E-state index contributed by atoms with van der Waals surface area (Å²) in [5, 5.41) is 9.56. The zero-order valence-corrected chi connectivity index (χ0v) is 20.9. The second-order valence-electron chi connectivity index (χ2n) is 9.68. The van der Waals surface area contributed by atoms with Crippen LogP contribution in [0.2, 0.25) is 0 Å². The Morgan fingerprint density at radius 3 is 2.37 bits per heavy atom. The standard InChI is InChI=1S/C33H18N4S/c1-3-9-25-22(7-1)28-24-18-34-17-15-21(24)33-29(23-8-2-4-10-26(23)38-33)32(28)37(25)27-14-13-20-12-11-19-6-5-16-35-30(19)31(20)36-27/h1-18H. The summed E-state index contributed by atoms with van der Waals surface area (Å²) in [6.07, 6.45) is 5.76. The third-order valence-electron chi connectivity index (χ3n) is 7.69. The Balaban J connectivity index is 1.56. The van der Waals surface area contributed by atoms with E-state index in [0.29, 0.717) is 0 Å². The summed E-state index contributed by atoms with van der Waals surface area (Å²) >= 11 is 1.85. The molecule has 9 aromatic rings. The second kappa shape index (κ2) is 7.34. The molecule has 0 atom stereocenters. The highest BCUT2D eigenvalue weighted by Crippen LogP contribution is 2.47. The lowest BCUT2D eigenvalue weighted by molar-refractivity contribution is 1.11. The quantitative estimate of drug-likeness (QED) is 0.211. The number of hydrogen-bond acceptors (Lipinski definition) is 4. The van der Waals surface area contributed by atoms with Crippen LogP contribution in [0.1, 0.15) is 0 Å². The molecule has 0 amide bonds. The lowest BCUT2D eigenvalue weighted by atomic mass is 10.0. The van der Waals surface area contributed by atoms with Crippen molar-refractivity contribution >= 4 is 85.9 Å². The Hall–Kier alpha value is -4.87. The SMILES string of the molecule is c1cnc2c(c1)ccc1ccc(-n3c4ccccc4c4c5cnccc5c5sc6ccccc6c5c43)nc12. The van der Waals surface area contributed by atoms with E-state index in [-0.39, 0.29) is 0 Å². The van der Waals surface area contributed by atoms with Crippen molar-refractivity contribution in [3.63, 3.8) is 0 Å². The van der Waals surface area contributed by atoms with E-state index in [9.17, 15) is 0 Å². The van der Waals surface area contributed by atoms with Gasteiger partial charge in [-0.25, -0.2) is 4.98 Å². The number of aromatic nitrogens is 4. The van der Waals surface area contributed by atoms with E-state index in [1.165, 1.54) is 47.2 Å². The van der Waals surface area contributed by atoms with Crippen LogP contribution in [0.4, 0.5) is 0 Å². The molecule has 5 heteroatoms. The summed E-state index contributed by atoms with van der Waals surface area (Å²) in [7, 11) is 0. The Morgan fingerprint density at radius 2 is 1.42 bits per heavy atom. The molecule has 4 nitrogen and oxygen atoms in total. The van der Waals surface area contributed by atoms with Crippen molar-refractivity contribution in [2.24, 2.45) is 0 Å². The molecule has 0 saturated carbocycles. The summed E-state index contributed by atoms with van der Waals surface area (Å²) in [5.41, 5.74) is 4.16. The number of nitrogens with zero attached hydrogens (tertiary/aromatic N) is 4. The molecule has 0 aliphatic rings. The molecule has 0 aliphatic carbocycles. The molecule has 0 spiro atoms. The molecule has 38 heavy (non-hydrogen) atoms. The highest BCUT2D eigenvalue weighted by molar-refractivity contribution is 7.27. The van der Waals surface area contributed by atoms with Gasteiger partial charge in [0.2, 0.25) is 0 Å². The molecule has 5 heterocycles. The number of thiophene rings is 1. The highest BCUT2D eigenvalue weighted by atomic mass is 32.1. The highest BCUT2D eigenvalue weighted by Gasteiger charge is 2.22. The van der Waals surface area contributed by atoms with Gasteiger partial charge in [-0.3, -0.25) is 14.5 Å². The number of fused-ring (bicyclic) bond motifs is 13. The van der Waals surface area contributed by atoms with Crippen LogP contribution in [-0.2, 0) is 0 Å². The first-order chi connectivity index (χ1) is 18.9. The first kappa shape index (κ1) is 20.2. The fourth-order valence-electron chi connectivity index (χ4n) is 6.09. The molecule has 4 aromatic carbocycles. The van der Waals surface area contributed by atoms with Gasteiger partial charge in [0, 0.05) is 71.1 Å². The van der Waals surface area contributed by atoms with Gasteiger partial charge >= 0.3 is 0 Å². The maximum absolute atomic E-state index is 5.29. The normalized spacial score (nSPS) is 12.2. The number of rotatable bonds is 1. The molecule has 0 aliphatic heterocycles. The van der Waals surface area contributed by atoms with Gasteiger partial charge in [-0.15, -0.1) is 11.3 Å². The van der Waals surface area contributed by atoms with Crippen LogP contribution < -0.4 is 0 Å². The largest absolute Gasteiger partial charge is 0.293 e. The van der Waals surface area contributed by atoms with Gasteiger partial charge in [0.15, 0.2) is 0 Å². The van der Waals surface area contributed by atoms with E-state index in [4.69, 9.17) is 9.97 Å². The predicted octanol–water partition coefficient (Wildman–Crippen LogP) is 8.80. The van der Waals surface area contributed by atoms with Crippen LogP contribution in [0.5, 0.6) is 0 Å². The van der Waals surface area contributed by atoms with Crippen LogP contribution in [0, 0.1) is 0 Å². The summed E-state index contributed by atoms with van der Waals surface area (Å²) in [4.78, 5) is 14.5. The summed E-state index contributed by atoms with van der Waals surface area (Å²) < 4.78 is 4.92. The number of pyridine rings is 3. The molecular weight excluding hydrogens is 484 g/mol. The van der Waals surface area contributed by atoms with Crippen molar-refractivity contribution in [3.05, 3.63) is 110 Å². The number of para-hydroxylation sites is 1. The van der Waals surface area contributed by atoms with Crippen molar-refractivity contribution in [1.82, 2.24) is 19.5 Å². The molecule has 0 bridgehead atoms. The van der Waals surface area contributed by atoms with Crippen LogP contribution in [0.25, 0.3) is 80.4 Å². The van der Waals surface area contributed by atoms with E-state index < -0.39 is 0 Å². The lowest BCUT2D eigenvalue weighted by Gasteiger charge is -2.11. The van der Waals surface area contributed by atoms with Crippen molar-refractivity contribution in [2.45, 2.75) is 0 Å². The van der Waals surface area contributed by atoms with Gasteiger partial charge in [-0.05, 0) is 36.4 Å². The van der Waals surface area contributed by atoms with Crippen LogP contribution >= 0.6 is 11.3 Å². The first-order valence-corrected chi connectivity index (χ1v) is 13.4. The maximum Gasteiger partial charge on any atom is 0.138 e. The van der Waals surface area contributed by atoms with E-state index in [2.05, 4.69) is 94.5 Å². The van der Waals surface area contributed by atoms with Crippen molar-refractivity contribution in [3.8, 4) is 5.82 Å². The fraction of sp³-hybridized carbons (Fsp3) is 0. The molecule has 0 N–H and O–H groups in total. The smallest absolute Gasteiger partial charge is 0.138 e. The third-order valence-corrected chi connectivity index (χ3v) is 8.89. The van der Waals surface area contributed by atoms with Gasteiger partial charge in [-0.1, -0.05) is 54.6 Å². The molecule has 0 unspecified atom stereocenters. The van der Waals surface area contributed by atoms with Gasteiger partial charge in [-0.2, -0.15) is 0 Å². The second-order valence-corrected chi connectivity index (χ2v) is 10.7. The van der Waals surface area contributed by atoms with Crippen molar-refractivity contribution in [1.29, 1.82) is 0 Å². The molecule has 0 saturated heterocycles. The number of hydrogen-bond donors (Lipinski definition) is 0. The number of benzene rings is 4. The molecule has 9 rings (SSSR count). The lowest BCUT2D eigenvalue weighted by Crippen LogP contribution is -1.98. The Bertz CT molecular complexity index is 2420. The predicted molar refractivity (Wildman–Crippen MR) is 160 cm³/mol. The minimum atomic E-state index is 0.890. The Labute approximate surface area is 220 Å². The van der Waals surface area contributed by atoms with Gasteiger partial charge in [0.25, 0.3) is 0 Å². The van der Waals surface area contributed by atoms with E-state index >= 15 is 0 Å². The zero-order valence-electron chi connectivity index (χ0n) is 20.1. The van der Waals surface area contributed by atoms with E-state index in [1.807, 2.05) is 36.0 Å². The van der Waals surface area contributed by atoms with Crippen molar-refractivity contribution < 1.29 is 0 Å². The minimum Gasteiger partial charge on any atom is -0.293 e. The van der Waals surface area contributed by atoms with E-state index in [1.54, 1.807) is 0 Å². The first-order valence-electron chi connectivity index (χ1n) is 12.6. The summed E-state index contributed by atoms with van der Waals surface area (Å²) in [5.74, 6) is 0.890. The molecule has 5 aromatic heterocycles. The monoisotopic (exact) mass is 502 g/mol. The van der Waals surface area contributed by atoms with Gasteiger partial charge in [0.05, 0.1) is 22.1 Å². The summed E-state index contributed by atoms with van der Waals surface area (Å²) in [6.45, 7) is 0. The van der Waals surface area contributed by atoms with Crippen LogP contribution in [0.3, 0.4) is 0 Å². The average Bonchev–Trinajstić information content (AvgIpc) is 3.53. The zero-order chi connectivity index (χ0) is 24.8. The van der Waals surface area contributed by atoms with Crippen molar-refractivity contribution in [2.75, 3.05) is 0 Å². The maximum atomic E-state index is 5.29. The Kier molecular flexibility index (Phi) is 3.91. The van der Waals surface area contributed by atoms with Crippen LogP contribution in [0.15, 0.2) is 110 Å². The molecular formula is C33H18N4S. The average molecular weight is 503 g/mol. The van der Waals surface area contributed by atoms with E-state index in [0.717, 1.165) is 33.1 Å². The Morgan fingerprint density at radius 1 is 0.605 bits per heavy atom. The minimum absolute atomic E-state index is 0.890. The van der Waals surface area contributed by atoms with Crippen LogP contribution in [-0.4, -0.2) is 19.5 Å².